The minimum Gasteiger partial charge on any atom is -0.462 e. The van der Waals surface area contributed by atoms with Crippen LogP contribution in [0.1, 0.15) is 265 Å². The number of esters is 3. The lowest BCUT2D eigenvalue weighted by Gasteiger charge is -2.21. The van der Waals surface area contributed by atoms with Crippen molar-refractivity contribution in [3.8, 4) is 0 Å². The Kier molecular flexibility index (Phi) is 49.3. The Bertz CT molecular complexity index is 1280. The van der Waals surface area contributed by atoms with Crippen LogP contribution in [0.5, 0.6) is 0 Å². The number of ether oxygens (including phenoxy) is 3. The van der Waals surface area contributed by atoms with E-state index in [4.69, 9.17) is 23.3 Å². The molecule has 0 aromatic carbocycles. The summed E-state index contributed by atoms with van der Waals surface area (Å²) in [5.74, 6) is -1.47. The van der Waals surface area contributed by atoms with E-state index in [0.717, 1.165) is 89.9 Å². The maximum atomic E-state index is 12.9. The van der Waals surface area contributed by atoms with Crippen molar-refractivity contribution < 1.29 is 52.2 Å². The molecule has 11 nitrogen and oxygen atoms in total. The molecule has 0 aliphatic rings. The molecular weight excluding hydrogens is 880 g/mol. The smallest absolute Gasteiger partial charge is 0.462 e. The van der Waals surface area contributed by atoms with Gasteiger partial charge in [0.1, 0.15) is 12.7 Å². The van der Waals surface area contributed by atoms with Gasteiger partial charge in [-0.2, -0.15) is 0 Å². The number of carbonyl (C=O) groups excluding carboxylic acids is 3. The number of rotatable bonds is 52. The van der Waals surface area contributed by atoms with Crippen molar-refractivity contribution in [3.63, 3.8) is 0 Å². The molecule has 0 aromatic rings. The zero-order valence-corrected chi connectivity index (χ0v) is 44.7. The topological polar surface area (TPSA) is 155 Å². The van der Waals surface area contributed by atoms with Gasteiger partial charge in [0, 0.05) is 19.3 Å². The van der Waals surface area contributed by atoms with Gasteiger partial charge in [-0.3, -0.25) is 23.4 Å². The molecule has 12 heteroatoms. The fourth-order valence-electron chi connectivity index (χ4n) is 7.73. The number of allylic oxidation sites excluding steroid dienone is 6. The molecular formula is C56H103O11P. The Labute approximate surface area is 416 Å². The van der Waals surface area contributed by atoms with Crippen molar-refractivity contribution in [2.45, 2.75) is 277 Å². The van der Waals surface area contributed by atoms with E-state index < -0.39 is 57.8 Å². The SMILES string of the molecule is CCCCC/C=C\C/C=C\CCCCCCCCCC(=O)OCC(COP(=O)(O)OCC(CO)OC(=O)CCCCCCCCCCC)OC(=O)CCCCCCC/C=C\CCCCCCCC. The third-order valence-electron chi connectivity index (χ3n) is 12.0. The number of carbonyl (C=O) groups is 3. The first-order valence-electron chi connectivity index (χ1n) is 27.9. The van der Waals surface area contributed by atoms with E-state index in [9.17, 15) is 28.9 Å². The summed E-state index contributed by atoms with van der Waals surface area (Å²) in [6.45, 7) is 4.59. The highest BCUT2D eigenvalue weighted by molar-refractivity contribution is 7.47. The maximum absolute atomic E-state index is 12.9. The summed E-state index contributed by atoms with van der Waals surface area (Å²) in [4.78, 5) is 48.3. The molecule has 0 spiro atoms. The third-order valence-corrected chi connectivity index (χ3v) is 13.0. The molecule has 3 unspecified atom stereocenters. The molecule has 0 aromatic heterocycles. The first kappa shape index (κ1) is 65.7. The van der Waals surface area contributed by atoms with Crippen molar-refractivity contribution in [1.29, 1.82) is 0 Å². The second-order valence-corrected chi connectivity index (χ2v) is 20.2. The van der Waals surface area contributed by atoms with Crippen LogP contribution < -0.4 is 0 Å². The lowest BCUT2D eigenvalue weighted by Crippen LogP contribution is -2.30. The summed E-state index contributed by atoms with van der Waals surface area (Å²) >= 11 is 0. The zero-order valence-electron chi connectivity index (χ0n) is 43.8. The molecule has 68 heavy (non-hydrogen) atoms. The van der Waals surface area contributed by atoms with E-state index in [-0.39, 0.29) is 25.9 Å². The van der Waals surface area contributed by atoms with Gasteiger partial charge in [0.25, 0.3) is 0 Å². The number of phosphoric ester groups is 1. The van der Waals surface area contributed by atoms with Crippen LogP contribution in [-0.2, 0) is 42.2 Å². The molecule has 0 aliphatic carbocycles. The minimum atomic E-state index is -4.74. The van der Waals surface area contributed by atoms with Gasteiger partial charge >= 0.3 is 25.7 Å². The monoisotopic (exact) mass is 983 g/mol. The Morgan fingerprint density at radius 1 is 0.412 bits per heavy atom. The summed E-state index contributed by atoms with van der Waals surface area (Å²) in [6.07, 6.45) is 51.1. The summed E-state index contributed by atoms with van der Waals surface area (Å²) in [6, 6.07) is 0. The first-order valence-corrected chi connectivity index (χ1v) is 29.4. The third kappa shape index (κ3) is 48.7. The van der Waals surface area contributed by atoms with Crippen LogP contribution in [0.25, 0.3) is 0 Å². The maximum Gasteiger partial charge on any atom is 0.472 e. The Balaban J connectivity index is 4.73. The molecule has 3 atom stereocenters. The van der Waals surface area contributed by atoms with Crippen molar-refractivity contribution in [1.82, 2.24) is 0 Å². The minimum absolute atomic E-state index is 0.159. The van der Waals surface area contributed by atoms with Crippen LogP contribution in [0.15, 0.2) is 36.5 Å². The second-order valence-electron chi connectivity index (χ2n) is 18.7. The lowest BCUT2D eigenvalue weighted by molar-refractivity contribution is -0.161. The quantitative estimate of drug-likeness (QED) is 0.0197. The standard InChI is InChI=1S/C56H103O11P/c1-4-7-10-13-16-19-21-23-25-26-28-29-31-34-36-39-42-45-54(58)63-49-53(67-56(60)47-44-41-38-35-32-30-27-24-22-20-17-14-11-8-5-2)51-65-68(61,62)64-50-52(48-57)66-55(59)46-43-40-37-33-18-15-12-9-6-3/h16,19,23-25,27,52-53,57H,4-15,17-18,20-22,26,28-51H2,1-3H3,(H,61,62)/b19-16-,25-23-,27-24-. The average Bonchev–Trinajstić information content (AvgIpc) is 3.32. The summed E-state index contributed by atoms with van der Waals surface area (Å²) in [5.41, 5.74) is 0. The number of aliphatic hydroxyl groups excluding tert-OH is 1. The van der Waals surface area contributed by atoms with E-state index in [0.29, 0.717) is 19.3 Å². The molecule has 0 radical (unpaired) electrons. The molecule has 0 heterocycles. The van der Waals surface area contributed by atoms with Crippen LogP contribution >= 0.6 is 7.82 Å². The van der Waals surface area contributed by atoms with Crippen molar-refractivity contribution in [2.75, 3.05) is 26.4 Å². The van der Waals surface area contributed by atoms with Crippen molar-refractivity contribution in [3.05, 3.63) is 36.5 Å². The van der Waals surface area contributed by atoms with E-state index in [2.05, 4.69) is 57.2 Å². The van der Waals surface area contributed by atoms with E-state index in [1.54, 1.807) is 0 Å². The Hall–Kier alpha value is -2.30. The van der Waals surface area contributed by atoms with Gasteiger partial charge in [-0.25, -0.2) is 4.57 Å². The molecule has 2 N–H and O–H groups in total. The van der Waals surface area contributed by atoms with Crippen molar-refractivity contribution >= 4 is 25.7 Å². The van der Waals surface area contributed by atoms with Crippen LogP contribution in [-0.4, -0.2) is 66.5 Å². The highest BCUT2D eigenvalue weighted by Crippen LogP contribution is 2.43. The normalized spacial score (nSPS) is 13.7. The van der Waals surface area contributed by atoms with Crippen LogP contribution in [0, 0.1) is 0 Å². The fourth-order valence-corrected chi connectivity index (χ4v) is 8.52. The highest BCUT2D eigenvalue weighted by atomic mass is 31.2. The molecule has 0 saturated carbocycles. The summed E-state index contributed by atoms with van der Waals surface area (Å²) in [5, 5.41) is 9.76. The van der Waals surface area contributed by atoms with Crippen LogP contribution in [0.3, 0.4) is 0 Å². The molecule has 0 saturated heterocycles. The van der Waals surface area contributed by atoms with Gasteiger partial charge in [0.05, 0.1) is 19.8 Å². The molecule has 0 bridgehead atoms. The number of unbranched alkanes of at least 4 members (excludes halogenated alkanes) is 29. The van der Waals surface area contributed by atoms with E-state index in [1.807, 2.05) is 0 Å². The van der Waals surface area contributed by atoms with Gasteiger partial charge in [-0.1, -0.05) is 205 Å². The fraction of sp³-hybridized carbons (Fsp3) is 0.839. The van der Waals surface area contributed by atoms with Gasteiger partial charge in [0.15, 0.2) is 6.10 Å². The number of phosphoric acid groups is 1. The molecule has 398 valence electrons. The van der Waals surface area contributed by atoms with Gasteiger partial charge in [-0.15, -0.1) is 0 Å². The number of hydrogen-bond donors (Lipinski definition) is 2. The largest absolute Gasteiger partial charge is 0.472 e. The first-order chi connectivity index (χ1) is 33.2. The molecule has 0 amide bonds. The Morgan fingerprint density at radius 2 is 0.721 bits per heavy atom. The molecule has 0 rings (SSSR count). The van der Waals surface area contributed by atoms with Gasteiger partial charge in [0.2, 0.25) is 0 Å². The van der Waals surface area contributed by atoms with E-state index >= 15 is 0 Å². The second kappa shape index (κ2) is 51.1. The van der Waals surface area contributed by atoms with E-state index in [1.165, 1.54) is 116 Å². The summed E-state index contributed by atoms with van der Waals surface area (Å²) < 4.78 is 39.4. The number of hydrogen-bond acceptors (Lipinski definition) is 10. The predicted molar refractivity (Wildman–Crippen MR) is 279 cm³/mol. The Morgan fingerprint density at radius 3 is 1.13 bits per heavy atom. The highest BCUT2D eigenvalue weighted by Gasteiger charge is 2.28. The van der Waals surface area contributed by atoms with Gasteiger partial charge in [-0.05, 0) is 77.0 Å². The average molecular weight is 983 g/mol. The molecule has 0 fully saturated rings. The van der Waals surface area contributed by atoms with Crippen molar-refractivity contribution in [2.24, 2.45) is 0 Å². The predicted octanol–water partition coefficient (Wildman–Crippen LogP) is 16.0. The number of aliphatic hydroxyl groups is 1. The molecule has 0 aliphatic heterocycles. The van der Waals surface area contributed by atoms with Crippen LogP contribution in [0.4, 0.5) is 0 Å². The van der Waals surface area contributed by atoms with Gasteiger partial charge < -0.3 is 24.2 Å². The lowest BCUT2D eigenvalue weighted by atomic mass is 10.1. The van der Waals surface area contributed by atoms with Crippen LogP contribution in [0.2, 0.25) is 0 Å². The zero-order chi connectivity index (χ0) is 49.9. The summed E-state index contributed by atoms with van der Waals surface area (Å²) in [7, 11) is -4.74.